The Labute approximate surface area is 140 Å². The first-order chi connectivity index (χ1) is 11.7. The summed E-state index contributed by atoms with van der Waals surface area (Å²) in [6, 6.07) is 11.0. The standard InChI is InChI=1S/C16H18N4O4/c17-6-2-8-23-15(21)19-11-13-4-1-5-14(10-13)12-20-16(22)24-9-3-7-18/h1,4-5,10H,2-3,8-9,11-12H2,(H,19,21)(H,20,22). The molecule has 1 rings (SSSR count). The van der Waals surface area contributed by atoms with Gasteiger partial charge in [0.05, 0.1) is 25.0 Å². The molecule has 0 spiro atoms. The molecule has 8 heteroatoms. The number of ether oxygens (including phenoxy) is 2. The van der Waals surface area contributed by atoms with E-state index in [0.717, 1.165) is 11.1 Å². The van der Waals surface area contributed by atoms with E-state index in [2.05, 4.69) is 10.6 Å². The van der Waals surface area contributed by atoms with Gasteiger partial charge in [0.15, 0.2) is 0 Å². The molecule has 0 heterocycles. The summed E-state index contributed by atoms with van der Waals surface area (Å²) in [7, 11) is 0. The van der Waals surface area contributed by atoms with Crippen LogP contribution in [0.4, 0.5) is 9.59 Å². The predicted molar refractivity (Wildman–Crippen MR) is 83.3 cm³/mol. The van der Waals surface area contributed by atoms with Crippen LogP contribution in [0.5, 0.6) is 0 Å². The zero-order chi connectivity index (χ0) is 17.6. The van der Waals surface area contributed by atoms with Gasteiger partial charge in [0.1, 0.15) is 13.2 Å². The fraction of sp³-hybridized carbons (Fsp3) is 0.375. The average molecular weight is 330 g/mol. The number of nitrogens with one attached hydrogen (secondary N) is 2. The van der Waals surface area contributed by atoms with Crippen LogP contribution >= 0.6 is 0 Å². The highest BCUT2D eigenvalue weighted by molar-refractivity contribution is 5.67. The topological polar surface area (TPSA) is 124 Å². The minimum absolute atomic E-state index is 0.0558. The second-order valence-corrected chi connectivity index (χ2v) is 4.62. The Balaban J connectivity index is 2.35. The quantitative estimate of drug-likeness (QED) is 0.702. The minimum Gasteiger partial charge on any atom is -0.448 e. The van der Waals surface area contributed by atoms with Crippen molar-refractivity contribution >= 4 is 12.2 Å². The molecule has 0 aliphatic carbocycles. The van der Waals surface area contributed by atoms with E-state index in [9.17, 15) is 9.59 Å². The van der Waals surface area contributed by atoms with Crippen molar-refractivity contribution in [1.29, 1.82) is 10.5 Å². The maximum atomic E-state index is 11.4. The van der Waals surface area contributed by atoms with Gasteiger partial charge in [-0.2, -0.15) is 10.5 Å². The summed E-state index contributed by atoms with van der Waals surface area (Å²) in [6.45, 7) is 0.651. The van der Waals surface area contributed by atoms with Crippen LogP contribution in [0.2, 0.25) is 0 Å². The second kappa shape index (κ2) is 11.3. The molecule has 0 atom stereocenters. The molecule has 0 fully saturated rings. The van der Waals surface area contributed by atoms with E-state index in [1.54, 1.807) is 6.07 Å². The Kier molecular flexibility index (Phi) is 8.87. The van der Waals surface area contributed by atoms with Gasteiger partial charge >= 0.3 is 12.2 Å². The zero-order valence-corrected chi connectivity index (χ0v) is 13.1. The summed E-state index contributed by atoms with van der Waals surface area (Å²) in [4.78, 5) is 22.8. The molecule has 126 valence electrons. The van der Waals surface area contributed by atoms with Crippen LogP contribution in [-0.4, -0.2) is 25.4 Å². The Morgan fingerprint density at radius 1 is 0.917 bits per heavy atom. The van der Waals surface area contributed by atoms with Gasteiger partial charge in [0.2, 0.25) is 0 Å². The highest BCUT2D eigenvalue weighted by Gasteiger charge is 2.04. The maximum Gasteiger partial charge on any atom is 0.407 e. The molecule has 0 unspecified atom stereocenters. The van der Waals surface area contributed by atoms with Crippen molar-refractivity contribution in [1.82, 2.24) is 10.6 Å². The van der Waals surface area contributed by atoms with Crippen LogP contribution in [0.1, 0.15) is 24.0 Å². The smallest absolute Gasteiger partial charge is 0.407 e. The highest BCUT2D eigenvalue weighted by atomic mass is 16.6. The minimum atomic E-state index is -0.588. The van der Waals surface area contributed by atoms with Crippen LogP contribution in [0, 0.1) is 22.7 Å². The van der Waals surface area contributed by atoms with Gasteiger partial charge in [-0.25, -0.2) is 9.59 Å². The Morgan fingerprint density at radius 2 is 1.38 bits per heavy atom. The number of carbonyl (C=O) groups excluding carboxylic acids is 2. The number of nitriles is 2. The number of alkyl carbamates (subject to hydrolysis) is 2. The van der Waals surface area contributed by atoms with Gasteiger partial charge in [-0.05, 0) is 11.1 Å². The summed E-state index contributed by atoms with van der Waals surface area (Å²) in [6.07, 6.45) is -0.873. The Morgan fingerprint density at radius 3 is 1.79 bits per heavy atom. The first-order valence-electron chi connectivity index (χ1n) is 7.28. The fourth-order valence-corrected chi connectivity index (χ4v) is 1.68. The second-order valence-electron chi connectivity index (χ2n) is 4.62. The lowest BCUT2D eigenvalue weighted by Crippen LogP contribution is -2.25. The predicted octanol–water partition coefficient (Wildman–Crippen LogP) is 1.97. The molecule has 0 aliphatic heterocycles. The van der Waals surface area contributed by atoms with Crippen molar-refractivity contribution in [2.24, 2.45) is 0 Å². The van der Waals surface area contributed by atoms with Crippen molar-refractivity contribution in [2.45, 2.75) is 25.9 Å². The van der Waals surface area contributed by atoms with Gasteiger partial charge < -0.3 is 20.1 Å². The lowest BCUT2D eigenvalue weighted by Gasteiger charge is -2.09. The number of nitrogens with zero attached hydrogens (tertiary/aromatic N) is 2. The van der Waals surface area contributed by atoms with Crippen LogP contribution in [0.15, 0.2) is 24.3 Å². The Hall–Kier alpha value is -3.26. The third-order valence-corrected chi connectivity index (χ3v) is 2.76. The molecule has 0 saturated carbocycles. The van der Waals surface area contributed by atoms with Crippen molar-refractivity contribution in [3.63, 3.8) is 0 Å². The van der Waals surface area contributed by atoms with E-state index in [1.165, 1.54) is 0 Å². The summed E-state index contributed by atoms with van der Waals surface area (Å²) < 4.78 is 9.58. The Bertz CT molecular complexity index is 582. The molecule has 2 amide bonds. The SMILES string of the molecule is N#CCCOC(=O)NCc1cccc(CNC(=O)OCCC#N)c1. The first kappa shape index (κ1) is 18.8. The van der Waals surface area contributed by atoms with E-state index in [-0.39, 0.29) is 39.1 Å². The number of amides is 2. The zero-order valence-electron chi connectivity index (χ0n) is 13.1. The number of hydrogen-bond acceptors (Lipinski definition) is 6. The summed E-state index contributed by atoms with van der Waals surface area (Å²) >= 11 is 0. The van der Waals surface area contributed by atoms with Crippen molar-refractivity contribution in [3.05, 3.63) is 35.4 Å². The van der Waals surface area contributed by atoms with Crippen LogP contribution in [0.25, 0.3) is 0 Å². The number of carbonyl (C=O) groups is 2. The van der Waals surface area contributed by atoms with Gasteiger partial charge in [-0.15, -0.1) is 0 Å². The maximum absolute atomic E-state index is 11.4. The van der Waals surface area contributed by atoms with Gasteiger partial charge in [0, 0.05) is 13.1 Å². The molecule has 2 N–H and O–H groups in total. The molecule has 0 bridgehead atoms. The van der Waals surface area contributed by atoms with Crippen molar-refractivity contribution in [2.75, 3.05) is 13.2 Å². The van der Waals surface area contributed by atoms with Gasteiger partial charge in [-0.1, -0.05) is 24.3 Å². The van der Waals surface area contributed by atoms with Crippen LogP contribution in [0.3, 0.4) is 0 Å². The summed E-state index contributed by atoms with van der Waals surface area (Å²) in [5.74, 6) is 0. The monoisotopic (exact) mass is 330 g/mol. The molecule has 8 nitrogen and oxygen atoms in total. The van der Waals surface area contributed by atoms with E-state index in [4.69, 9.17) is 20.0 Å². The molecule has 1 aromatic carbocycles. The van der Waals surface area contributed by atoms with Crippen LogP contribution < -0.4 is 10.6 Å². The summed E-state index contributed by atoms with van der Waals surface area (Å²) in [5.41, 5.74) is 1.67. The number of rotatable bonds is 8. The number of hydrogen-bond donors (Lipinski definition) is 2. The van der Waals surface area contributed by atoms with Crippen molar-refractivity contribution in [3.8, 4) is 12.1 Å². The molecular formula is C16H18N4O4. The van der Waals surface area contributed by atoms with Crippen LogP contribution in [-0.2, 0) is 22.6 Å². The van der Waals surface area contributed by atoms with E-state index >= 15 is 0 Å². The highest BCUT2D eigenvalue weighted by Crippen LogP contribution is 2.05. The molecule has 24 heavy (non-hydrogen) atoms. The molecule has 0 aromatic heterocycles. The molecular weight excluding hydrogens is 312 g/mol. The molecule has 0 radical (unpaired) electrons. The van der Waals surface area contributed by atoms with E-state index in [1.807, 2.05) is 30.3 Å². The normalized spacial score (nSPS) is 9.25. The first-order valence-corrected chi connectivity index (χ1v) is 7.28. The largest absolute Gasteiger partial charge is 0.448 e. The summed E-state index contributed by atoms with van der Waals surface area (Å²) in [5, 5.41) is 21.8. The third kappa shape index (κ3) is 8.25. The number of benzene rings is 1. The van der Waals surface area contributed by atoms with E-state index < -0.39 is 12.2 Å². The lowest BCUT2D eigenvalue weighted by atomic mass is 10.1. The molecule has 1 aromatic rings. The molecule has 0 saturated heterocycles. The lowest BCUT2D eigenvalue weighted by molar-refractivity contribution is 0.147. The van der Waals surface area contributed by atoms with E-state index in [0.29, 0.717) is 0 Å². The van der Waals surface area contributed by atoms with Gasteiger partial charge in [0.25, 0.3) is 0 Å². The molecule has 0 aliphatic rings. The average Bonchev–Trinajstić information content (AvgIpc) is 2.59. The van der Waals surface area contributed by atoms with Gasteiger partial charge in [-0.3, -0.25) is 0 Å². The fourth-order valence-electron chi connectivity index (χ4n) is 1.68. The van der Waals surface area contributed by atoms with Crippen molar-refractivity contribution < 1.29 is 19.1 Å². The third-order valence-electron chi connectivity index (χ3n) is 2.76.